The maximum atomic E-state index is 12.9. The van der Waals surface area contributed by atoms with Crippen LogP contribution >= 0.6 is 11.6 Å². The van der Waals surface area contributed by atoms with E-state index in [1.807, 2.05) is 17.0 Å². The molecule has 0 unspecified atom stereocenters. The van der Waals surface area contributed by atoms with Crippen LogP contribution in [0, 0.1) is 5.41 Å². The number of amides is 2. The molecule has 8 heteroatoms. The fraction of sp³-hybridized carbons (Fsp3) is 0.389. The predicted octanol–water partition coefficient (Wildman–Crippen LogP) is 2.27. The molecule has 0 aliphatic carbocycles. The zero-order chi connectivity index (χ0) is 17.7. The van der Waals surface area contributed by atoms with Crippen LogP contribution in [-0.4, -0.2) is 60.2 Å². The minimum absolute atomic E-state index is 0.0388. The topological polar surface area (TPSA) is 61.8 Å². The Kier molecular flexibility index (Phi) is 3.46. The quantitative estimate of drug-likeness (QED) is 0.769. The fourth-order valence-electron chi connectivity index (χ4n) is 4.02. The van der Waals surface area contributed by atoms with Crippen molar-refractivity contribution in [2.75, 3.05) is 49.1 Å². The lowest BCUT2D eigenvalue weighted by molar-refractivity contribution is 0.00885. The molecule has 0 atom stereocenters. The zero-order valence-electron chi connectivity index (χ0n) is 14.1. The van der Waals surface area contributed by atoms with Crippen molar-refractivity contribution < 1.29 is 9.53 Å². The molecule has 0 N–H and O–H groups in total. The van der Waals surface area contributed by atoms with Crippen LogP contribution in [0.2, 0.25) is 5.02 Å². The molecule has 2 fully saturated rings. The Morgan fingerprint density at radius 3 is 2.69 bits per heavy atom. The molecule has 2 aromatic rings. The van der Waals surface area contributed by atoms with Crippen molar-refractivity contribution in [1.82, 2.24) is 14.9 Å². The summed E-state index contributed by atoms with van der Waals surface area (Å²) in [6, 6.07) is 7.25. The van der Waals surface area contributed by atoms with Crippen molar-refractivity contribution in [2.24, 2.45) is 5.41 Å². The van der Waals surface area contributed by atoms with Crippen LogP contribution in [0.5, 0.6) is 5.75 Å². The summed E-state index contributed by atoms with van der Waals surface area (Å²) in [5.74, 6) is 1.44. The molecule has 26 heavy (non-hydrogen) atoms. The summed E-state index contributed by atoms with van der Waals surface area (Å²) in [7, 11) is 0. The molecule has 1 aromatic heterocycles. The second kappa shape index (κ2) is 5.74. The first-order valence-electron chi connectivity index (χ1n) is 8.64. The van der Waals surface area contributed by atoms with Crippen LogP contribution in [-0.2, 0) is 0 Å². The van der Waals surface area contributed by atoms with Crippen molar-refractivity contribution in [3.05, 3.63) is 41.7 Å². The molecular weight excluding hydrogens is 354 g/mol. The molecule has 3 aliphatic heterocycles. The van der Waals surface area contributed by atoms with E-state index < -0.39 is 0 Å². The average molecular weight is 372 g/mol. The van der Waals surface area contributed by atoms with Gasteiger partial charge in [-0.1, -0.05) is 11.6 Å². The highest BCUT2D eigenvalue weighted by Crippen LogP contribution is 2.42. The van der Waals surface area contributed by atoms with Crippen molar-refractivity contribution in [3.63, 3.8) is 0 Å². The largest absolute Gasteiger partial charge is 0.489 e. The van der Waals surface area contributed by atoms with Gasteiger partial charge < -0.3 is 14.5 Å². The third-order valence-electron chi connectivity index (χ3n) is 5.23. The van der Waals surface area contributed by atoms with Gasteiger partial charge in [-0.15, -0.1) is 0 Å². The SMILES string of the molecule is O=C(N1CC2(C1)CN(c1ncccn1)C2)N1CCOc2cc(Cl)ccc21. The summed E-state index contributed by atoms with van der Waals surface area (Å²) >= 11 is 6.02. The maximum Gasteiger partial charge on any atom is 0.324 e. The highest BCUT2D eigenvalue weighted by atomic mass is 35.5. The van der Waals surface area contributed by atoms with Gasteiger partial charge in [0.1, 0.15) is 12.4 Å². The van der Waals surface area contributed by atoms with E-state index in [2.05, 4.69) is 14.9 Å². The lowest BCUT2D eigenvalue weighted by atomic mass is 9.73. The van der Waals surface area contributed by atoms with E-state index in [1.54, 1.807) is 29.4 Å². The van der Waals surface area contributed by atoms with Crippen molar-refractivity contribution in [2.45, 2.75) is 0 Å². The number of fused-ring (bicyclic) bond motifs is 1. The highest BCUT2D eigenvalue weighted by Gasteiger charge is 2.54. The first-order valence-corrected chi connectivity index (χ1v) is 9.02. The van der Waals surface area contributed by atoms with E-state index in [-0.39, 0.29) is 11.4 Å². The lowest BCUT2D eigenvalue weighted by Crippen LogP contribution is -2.74. The van der Waals surface area contributed by atoms with Crippen LogP contribution in [0.3, 0.4) is 0 Å². The second-order valence-electron chi connectivity index (χ2n) is 7.16. The van der Waals surface area contributed by atoms with Crippen molar-refractivity contribution in [3.8, 4) is 5.75 Å². The Bertz CT molecular complexity index is 848. The first kappa shape index (κ1) is 15.7. The summed E-state index contributed by atoms with van der Waals surface area (Å²) in [5, 5.41) is 0.610. The number of carbonyl (C=O) groups is 1. The van der Waals surface area contributed by atoms with Crippen LogP contribution in [0.15, 0.2) is 36.7 Å². The third kappa shape index (κ3) is 2.46. The number of anilines is 2. The summed E-state index contributed by atoms with van der Waals surface area (Å²) in [6.45, 7) is 4.38. The standard InChI is InChI=1S/C18H18ClN5O2/c19-13-2-3-14-15(8-13)26-7-6-24(14)17(25)23-11-18(12-23)9-22(10-18)16-20-4-1-5-21-16/h1-5,8H,6-7,9-12H2. The van der Waals surface area contributed by atoms with Gasteiger partial charge in [0.2, 0.25) is 5.95 Å². The van der Waals surface area contributed by atoms with E-state index in [0.717, 1.165) is 37.8 Å². The average Bonchev–Trinajstić information content (AvgIpc) is 2.59. The van der Waals surface area contributed by atoms with Gasteiger partial charge in [-0.25, -0.2) is 14.8 Å². The third-order valence-corrected chi connectivity index (χ3v) is 5.46. The van der Waals surface area contributed by atoms with E-state index in [4.69, 9.17) is 16.3 Å². The normalized spacial score (nSPS) is 20.1. The number of benzene rings is 1. The van der Waals surface area contributed by atoms with Crippen LogP contribution in [0.4, 0.5) is 16.4 Å². The van der Waals surface area contributed by atoms with Gasteiger partial charge in [0.05, 0.1) is 12.2 Å². The minimum Gasteiger partial charge on any atom is -0.489 e. The summed E-state index contributed by atoms with van der Waals surface area (Å²) in [6.07, 6.45) is 3.51. The monoisotopic (exact) mass is 371 g/mol. The highest BCUT2D eigenvalue weighted by molar-refractivity contribution is 6.30. The van der Waals surface area contributed by atoms with E-state index in [1.165, 1.54) is 0 Å². The number of halogens is 1. The smallest absolute Gasteiger partial charge is 0.324 e. The Hall–Kier alpha value is -2.54. The number of ether oxygens (including phenoxy) is 1. The minimum atomic E-state index is 0.0388. The van der Waals surface area contributed by atoms with Crippen molar-refractivity contribution >= 4 is 29.3 Å². The maximum absolute atomic E-state index is 12.9. The molecule has 5 rings (SSSR count). The molecule has 2 amide bonds. The summed E-state index contributed by atoms with van der Waals surface area (Å²) < 4.78 is 5.64. The number of carbonyl (C=O) groups excluding carboxylic acids is 1. The van der Waals surface area contributed by atoms with E-state index in [9.17, 15) is 4.79 Å². The Morgan fingerprint density at radius 1 is 1.15 bits per heavy atom. The predicted molar refractivity (Wildman–Crippen MR) is 97.9 cm³/mol. The van der Waals surface area contributed by atoms with Gasteiger partial charge in [-0.2, -0.15) is 0 Å². The van der Waals surface area contributed by atoms with Crippen LogP contribution in [0.25, 0.3) is 0 Å². The molecule has 0 saturated carbocycles. The molecular formula is C18H18ClN5O2. The number of likely N-dealkylation sites (tertiary alicyclic amines) is 1. The molecule has 3 aliphatic rings. The van der Waals surface area contributed by atoms with Crippen LogP contribution < -0.4 is 14.5 Å². The van der Waals surface area contributed by atoms with Crippen molar-refractivity contribution in [1.29, 1.82) is 0 Å². The van der Waals surface area contributed by atoms with Gasteiger partial charge in [0.15, 0.2) is 0 Å². The number of urea groups is 1. The molecule has 0 bridgehead atoms. The summed E-state index contributed by atoms with van der Waals surface area (Å²) in [5.41, 5.74) is 0.976. The number of rotatable bonds is 1. The molecule has 1 aromatic carbocycles. The molecule has 134 valence electrons. The fourth-order valence-corrected chi connectivity index (χ4v) is 4.18. The molecule has 0 radical (unpaired) electrons. The first-order chi connectivity index (χ1) is 12.6. The molecule has 4 heterocycles. The number of nitrogens with zero attached hydrogens (tertiary/aromatic N) is 5. The number of aromatic nitrogens is 2. The van der Waals surface area contributed by atoms with Gasteiger partial charge in [-0.3, -0.25) is 4.90 Å². The molecule has 2 saturated heterocycles. The van der Waals surface area contributed by atoms with Gasteiger partial charge >= 0.3 is 6.03 Å². The second-order valence-corrected chi connectivity index (χ2v) is 7.59. The number of hydrogen-bond donors (Lipinski definition) is 0. The van der Waals surface area contributed by atoms with Gasteiger partial charge in [0, 0.05) is 55.1 Å². The van der Waals surface area contributed by atoms with Gasteiger partial charge in [-0.05, 0) is 18.2 Å². The van der Waals surface area contributed by atoms with Gasteiger partial charge in [0.25, 0.3) is 0 Å². The molecule has 7 nitrogen and oxygen atoms in total. The lowest BCUT2D eigenvalue weighted by Gasteiger charge is -2.60. The zero-order valence-corrected chi connectivity index (χ0v) is 14.9. The van der Waals surface area contributed by atoms with E-state index >= 15 is 0 Å². The Balaban J connectivity index is 1.24. The summed E-state index contributed by atoms with van der Waals surface area (Å²) in [4.78, 5) is 27.4. The number of hydrogen-bond acceptors (Lipinski definition) is 5. The molecule has 1 spiro atoms. The Morgan fingerprint density at radius 2 is 1.92 bits per heavy atom. The van der Waals surface area contributed by atoms with E-state index in [0.29, 0.717) is 23.9 Å². The Labute approximate surface area is 156 Å². The van der Waals surface area contributed by atoms with Crippen LogP contribution in [0.1, 0.15) is 0 Å².